The Hall–Kier alpha value is -1.92. The van der Waals surface area contributed by atoms with Crippen molar-refractivity contribution in [2.45, 2.75) is 6.92 Å². The zero-order valence-corrected chi connectivity index (χ0v) is 9.79. The van der Waals surface area contributed by atoms with Gasteiger partial charge in [0, 0.05) is 11.3 Å². The van der Waals surface area contributed by atoms with Crippen LogP contribution >= 0.6 is 11.6 Å². The van der Waals surface area contributed by atoms with Crippen LogP contribution in [0, 0.1) is 24.1 Å². The average Bonchev–Trinajstić information content (AvgIpc) is 2.29. The third kappa shape index (κ3) is 2.27. The lowest BCUT2D eigenvalue weighted by Crippen LogP contribution is -1.92. The van der Waals surface area contributed by atoms with Crippen LogP contribution in [0.1, 0.15) is 11.3 Å². The van der Waals surface area contributed by atoms with E-state index in [1.165, 1.54) is 12.1 Å². The van der Waals surface area contributed by atoms with Gasteiger partial charge in [-0.1, -0.05) is 23.7 Å². The van der Waals surface area contributed by atoms with E-state index in [0.29, 0.717) is 16.8 Å². The molecule has 2 rings (SSSR count). The summed E-state index contributed by atoms with van der Waals surface area (Å²) >= 11 is 5.81. The molecule has 0 spiro atoms. The van der Waals surface area contributed by atoms with Crippen LogP contribution in [0.5, 0.6) is 0 Å². The Kier molecular flexibility index (Phi) is 3.08. The molecule has 17 heavy (non-hydrogen) atoms. The van der Waals surface area contributed by atoms with Crippen LogP contribution in [0.2, 0.25) is 5.15 Å². The highest BCUT2D eigenvalue weighted by molar-refractivity contribution is 6.30. The third-order valence-corrected chi connectivity index (χ3v) is 2.71. The molecule has 0 aliphatic heterocycles. The lowest BCUT2D eigenvalue weighted by molar-refractivity contribution is 0.628. The predicted molar refractivity (Wildman–Crippen MR) is 64.1 cm³/mol. The summed E-state index contributed by atoms with van der Waals surface area (Å²) in [6, 6.07) is 9.74. The Morgan fingerprint density at radius 1 is 1.35 bits per heavy atom. The first-order valence-electron chi connectivity index (χ1n) is 4.95. The first kappa shape index (κ1) is 11.6. The predicted octanol–water partition coefficient (Wildman–Crippen LogP) is 3.72. The number of aryl methyl sites for hydroxylation is 1. The van der Waals surface area contributed by atoms with Gasteiger partial charge < -0.3 is 0 Å². The summed E-state index contributed by atoms with van der Waals surface area (Å²) in [6.07, 6.45) is 0. The first-order chi connectivity index (χ1) is 8.11. The van der Waals surface area contributed by atoms with Crippen LogP contribution in [0.15, 0.2) is 30.3 Å². The average molecular weight is 247 g/mol. The second kappa shape index (κ2) is 4.52. The molecule has 84 valence electrons. The fourth-order valence-electron chi connectivity index (χ4n) is 1.60. The topological polar surface area (TPSA) is 36.7 Å². The van der Waals surface area contributed by atoms with Crippen molar-refractivity contribution in [2.24, 2.45) is 0 Å². The van der Waals surface area contributed by atoms with Crippen molar-refractivity contribution in [3.8, 4) is 17.2 Å². The Labute approximate surface area is 103 Å². The number of nitriles is 1. The monoisotopic (exact) mass is 246 g/mol. The highest BCUT2D eigenvalue weighted by atomic mass is 35.5. The molecule has 2 nitrogen and oxygen atoms in total. The van der Waals surface area contributed by atoms with Crippen LogP contribution in [-0.2, 0) is 0 Å². The van der Waals surface area contributed by atoms with E-state index >= 15 is 0 Å². The van der Waals surface area contributed by atoms with Crippen LogP contribution in [0.3, 0.4) is 0 Å². The lowest BCUT2D eigenvalue weighted by atomic mass is 10.0. The summed E-state index contributed by atoms with van der Waals surface area (Å²) in [7, 11) is 0. The number of halogens is 2. The fraction of sp³-hybridized carbons (Fsp3) is 0.0769. The number of pyridine rings is 1. The van der Waals surface area contributed by atoms with Gasteiger partial charge >= 0.3 is 0 Å². The molecule has 0 fully saturated rings. The summed E-state index contributed by atoms with van der Waals surface area (Å²) in [6.45, 7) is 1.77. The second-order valence-electron chi connectivity index (χ2n) is 3.58. The van der Waals surface area contributed by atoms with Gasteiger partial charge in [0.1, 0.15) is 17.0 Å². The summed E-state index contributed by atoms with van der Waals surface area (Å²) in [4.78, 5) is 4.07. The van der Waals surface area contributed by atoms with Crippen LogP contribution in [0.25, 0.3) is 11.1 Å². The maximum absolute atomic E-state index is 13.1. The van der Waals surface area contributed by atoms with Gasteiger partial charge in [-0.25, -0.2) is 9.37 Å². The molecule has 1 heterocycles. The third-order valence-electron chi connectivity index (χ3n) is 2.42. The SMILES string of the molecule is Cc1nc(Cl)c(C#N)cc1-c1cccc(F)c1. The molecule has 1 aromatic heterocycles. The molecule has 0 amide bonds. The van der Waals surface area contributed by atoms with Crippen LogP contribution in [-0.4, -0.2) is 4.98 Å². The summed E-state index contributed by atoms with van der Waals surface area (Å²) in [5, 5.41) is 9.06. The van der Waals surface area contributed by atoms with Gasteiger partial charge in [-0.15, -0.1) is 0 Å². The van der Waals surface area contributed by atoms with Crippen molar-refractivity contribution in [1.82, 2.24) is 4.98 Å². The van der Waals surface area contributed by atoms with Crippen molar-refractivity contribution >= 4 is 11.6 Å². The lowest BCUT2D eigenvalue weighted by Gasteiger charge is -2.07. The molecule has 2 aromatic rings. The highest BCUT2D eigenvalue weighted by Gasteiger charge is 2.09. The minimum Gasteiger partial charge on any atom is -0.239 e. The Balaban J connectivity index is 2.64. The van der Waals surface area contributed by atoms with Crippen molar-refractivity contribution in [3.63, 3.8) is 0 Å². The van der Waals surface area contributed by atoms with Crippen molar-refractivity contribution < 1.29 is 4.39 Å². The fourth-order valence-corrected chi connectivity index (χ4v) is 1.83. The van der Waals surface area contributed by atoms with Crippen LogP contribution in [0.4, 0.5) is 4.39 Å². The Morgan fingerprint density at radius 3 is 2.76 bits per heavy atom. The standard InChI is InChI=1S/C13H8ClFN2/c1-8-12(6-10(7-16)13(14)17-8)9-3-2-4-11(15)5-9/h2-6H,1H3. The van der Waals surface area contributed by atoms with E-state index < -0.39 is 0 Å². The van der Waals surface area contributed by atoms with Gasteiger partial charge in [-0.05, 0) is 30.7 Å². The van der Waals surface area contributed by atoms with E-state index in [4.69, 9.17) is 16.9 Å². The van der Waals surface area contributed by atoms with Gasteiger partial charge in [0.2, 0.25) is 0 Å². The van der Waals surface area contributed by atoms with E-state index in [1.54, 1.807) is 25.1 Å². The molecular weight excluding hydrogens is 239 g/mol. The molecule has 0 saturated heterocycles. The minimum absolute atomic E-state index is 0.171. The molecule has 4 heteroatoms. The molecule has 0 bridgehead atoms. The highest BCUT2D eigenvalue weighted by Crippen LogP contribution is 2.26. The molecule has 0 saturated carbocycles. The van der Waals surface area contributed by atoms with Gasteiger partial charge in [0.25, 0.3) is 0 Å². The van der Waals surface area contributed by atoms with E-state index in [-0.39, 0.29) is 16.5 Å². The van der Waals surface area contributed by atoms with Gasteiger partial charge in [0.15, 0.2) is 0 Å². The number of rotatable bonds is 1. The number of benzene rings is 1. The maximum Gasteiger partial charge on any atom is 0.147 e. The quantitative estimate of drug-likeness (QED) is 0.719. The number of hydrogen-bond donors (Lipinski definition) is 0. The number of hydrogen-bond acceptors (Lipinski definition) is 2. The molecule has 1 aromatic carbocycles. The Bertz CT molecular complexity index is 617. The largest absolute Gasteiger partial charge is 0.239 e. The Morgan fingerprint density at radius 2 is 2.12 bits per heavy atom. The van der Waals surface area contributed by atoms with Crippen molar-refractivity contribution in [2.75, 3.05) is 0 Å². The van der Waals surface area contributed by atoms with Gasteiger partial charge in [-0.3, -0.25) is 0 Å². The summed E-state index contributed by atoms with van der Waals surface area (Å²) < 4.78 is 13.1. The first-order valence-corrected chi connectivity index (χ1v) is 5.33. The van der Waals surface area contributed by atoms with Gasteiger partial charge in [-0.2, -0.15) is 5.26 Å². The summed E-state index contributed by atoms with van der Waals surface area (Å²) in [5.74, 6) is -0.324. The zero-order chi connectivity index (χ0) is 12.4. The van der Waals surface area contributed by atoms with Crippen molar-refractivity contribution in [1.29, 1.82) is 5.26 Å². The second-order valence-corrected chi connectivity index (χ2v) is 3.94. The summed E-state index contributed by atoms with van der Waals surface area (Å²) in [5.41, 5.74) is 2.35. The zero-order valence-electron chi connectivity index (χ0n) is 9.04. The number of aromatic nitrogens is 1. The van der Waals surface area contributed by atoms with Gasteiger partial charge in [0.05, 0.1) is 5.56 Å². The number of nitrogens with zero attached hydrogens (tertiary/aromatic N) is 2. The molecular formula is C13H8ClFN2. The van der Waals surface area contributed by atoms with E-state index in [0.717, 1.165) is 0 Å². The molecule has 0 unspecified atom stereocenters. The van der Waals surface area contributed by atoms with E-state index in [1.807, 2.05) is 6.07 Å². The van der Waals surface area contributed by atoms with Crippen LogP contribution < -0.4 is 0 Å². The molecule has 0 aliphatic carbocycles. The van der Waals surface area contributed by atoms with E-state index in [2.05, 4.69) is 4.98 Å². The normalized spacial score (nSPS) is 10.0. The maximum atomic E-state index is 13.1. The molecule has 0 radical (unpaired) electrons. The molecule has 0 N–H and O–H groups in total. The molecule has 0 aliphatic rings. The molecule has 0 atom stereocenters. The van der Waals surface area contributed by atoms with E-state index in [9.17, 15) is 4.39 Å². The van der Waals surface area contributed by atoms with Crippen molar-refractivity contribution in [3.05, 3.63) is 52.6 Å². The smallest absolute Gasteiger partial charge is 0.147 e. The minimum atomic E-state index is -0.324.